The van der Waals surface area contributed by atoms with Crippen LogP contribution in [0, 0.1) is 6.92 Å². The van der Waals surface area contributed by atoms with Gasteiger partial charge in [-0.15, -0.1) is 18.5 Å². The molecule has 0 spiro atoms. The van der Waals surface area contributed by atoms with Crippen LogP contribution in [0.5, 0.6) is 0 Å². The minimum Gasteiger partial charge on any atom is -0.105 e. The molecule has 13 heavy (non-hydrogen) atoms. The number of aryl methyl sites for hydroxylation is 1. The number of hydrogen-bond donors (Lipinski definition) is 0. The van der Waals surface area contributed by atoms with Crippen LogP contribution in [0.3, 0.4) is 0 Å². The first kappa shape index (κ1) is 11.2. The zero-order valence-electron chi connectivity index (χ0n) is 8.81. The molecule has 1 rings (SSSR count). The fraction of sp³-hybridized carbons (Fsp3) is 0.455. The van der Waals surface area contributed by atoms with Gasteiger partial charge in [0.1, 0.15) is 0 Å². The molecule has 0 aromatic heterocycles. The molecule has 0 saturated carbocycles. The van der Waals surface area contributed by atoms with Crippen LogP contribution in [0.15, 0.2) is 12.1 Å². The maximum atomic E-state index is 2.82. The van der Waals surface area contributed by atoms with Gasteiger partial charge in [-0.2, -0.15) is 0 Å². The Kier molecular flexibility index (Phi) is 3.16. The van der Waals surface area contributed by atoms with Crippen LogP contribution in [0.25, 0.3) is 0 Å². The van der Waals surface area contributed by atoms with Crippen molar-refractivity contribution < 1.29 is 0 Å². The number of hydrogen-bond acceptors (Lipinski definition) is 0. The normalized spacial score (nSPS) is 11.8. The molecule has 2 unspecified atom stereocenters. The van der Waals surface area contributed by atoms with Crippen molar-refractivity contribution in [2.24, 2.45) is 0 Å². The van der Waals surface area contributed by atoms with E-state index in [-0.39, 0.29) is 5.41 Å². The minimum atomic E-state index is 0.232. The van der Waals surface area contributed by atoms with Crippen molar-refractivity contribution in [1.82, 2.24) is 0 Å². The van der Waals surface area contributed by atoms with E-state index in [4.69, 9.17) is 0 Å². The highest BCUT2D eigenvalue weighted by Crippen LogP contribution is 2.22. The quantitative estimate of drug-likeness (QED) is 0.579. The molecular formula is C11H18P2. The van der Waals surface area contributed by atoms with Gasteiger partial charge in [-0.05, 0) is 34.1 Å². The summed E-state index contributed by atoms with van der Waals surface area (Å²) in [4.78, 5) is 0. The fourth-order valence-electron chi connectivity index (χ4n) is 1.40. The first-order chi connectivity index (χ1) is 5.82. The van der Waals surface area contributed by atoms with Gasteiger partial charge < -0.3 is 0 Å². The maximum Gasteiger partial charge on any atom is -0.0125 e. The van der Waals surface area contributed by atoms with Gasteiger partial charge >= 0.3 is 0 Å². The van der Waals surface area contributed by atoms with E-state index in [2.05, 4.69) is 58.3 Å². The van der Waals surface area contributed by atoms with Crippen molar-refractivity contribution in [3.8, 4) is 0 Å². The third-order valence-electron chi connectivity index (χ3n) is 2.25. The lowest BCUT2D eigenvalue weighted by molar-refractivity contribution is 0.595. The lowest BCUT2D eigenvalue weighted by Gasteiger charge is -2.22. The molecule has 0 aliphatic carbocycles. The lowest BCUT2D eigenvalue weighted by atomic mass is 9.86. The number of rotatable bonds is 0. The van der Waals surface area contributed by atoms with Gasteiger partial charge in [-0.3, -0.25) is 0 Å². The van der Waals surface area contributed by atoms with Crippen molar-refractivity contribution in [1.29, 1.82) is 0 Å². The third kappa shape index (κ3) is 2.52. The molecule has 0 aliphatic heterocycles. The van der Waals surface area contributed by atoms with Crippen LogP contribution in [-0.2, 0) is 5.41 Å². The summed E-state index contributed by atoms with van der Waals surface area (Å²) < 4.78 is 0. The molecule has 0 amide bonds. The van der Waals surface area contributed by atoms with Crippen molar-refractivity contribution in [2.75, 3.05) is 0 Å². The predicted octanol–water partition coefficient (Wildman–Crippen LogP) is 2.29. The van der Waals surface area contributed by atoms with Crippen LogP contribution >= 0.6 is 18.5 Å². The average molecular weight is 212 g/mol. The first-order valence-electron chi connectivity index (χ1n) is 4.48. The monoisotopic (exact) mass is 212 g/mol. The molecule has 1 aromatic rings. The molecule has 0 bridgehead atoms. The zero-order chi connectivity index (χ0) is 10.2. The highest BCUT2D eigenvalue weighted by Gasteiger charge is 2.16. The summed E-state index contributed by atoms with van der Waals surface area (Å²) in [5, 5.41) is 2.62. The second-order valence-corrected chi connectivity index (χ2v) is 5.79. The summed E-state index contributed by atoms with van der Waals surface area (Å²) in [6.45, 7) is 8.88. The maximum absolute atomic E-state index is 2.82. The topological polar surface area (TPSA) is 0 Å². The fourth-order valence-corrected chi connectivity index (χ4v) is 2.41. The molecule has 72 valence electrons. The molecule has 2 heteroatoms. The van der Waals surface area contributed by atoms with E-state index < -0.39 is 0 Å². The molecule has 0 radical (unpaired) electrons. The highest BCUT2D eigenvalue weighted by molar-refractivity contribution is 7.28. The van der Waals surface area contributed by atoms with Gasteiger partial charge in [0.15, 0.2) is 0 Å². The van der Waals surface area contributed by atoms with E-state index in [9.17, 15) is 0 Å². The Labute approximate surface area is 85.9 Å². The van der Waals surface area contributed by atoms with Crippen molar-refractivity contribution in [3.63, 3.8) is 0 Å². The second kappa shape index (κ2) is 3.68. The van der Waals surface area contributed by atoms with E-state index in [1.165, 1.54) is 21.7 Å². The van der Waals surface area contributed by atoms with Gasteiger partial charge in [-0.1, -0.05) is 32.9 Å². The van der Waals surface area contributed by atoms with Crippen LogP contribution in [-0.4, -0.2) is 0 Å². The van der Waals surface area contributed by atoms with E-state index in [1.807, 2.05) is 0 Å². The van der Waals surface area contributed by atoms with E-state index in [0.29, 0.717) is 0 Å². The van der Waals surface area contributed by atoms with Gasteiger partial charge in [0.2, 0.25) is 0 Å². The molecule has 0 heterocycles. The predicted molar refractivity (Wildman–Crippen MR) is 68.6 cm³/mol. The Balaban J connectivity index is 3.32. The van der Waals surface area contributed by atoms with Crippen molar-refractivity contribution in [3.05, 3.63) is 23.3 Å². The van der Waals surface area contributed by atoms with Crippen LogP contribution in [0.4, 0.5) is 0 Å². The van der Waals surface area contributed by atoms with E-state index in [0.717, 1.165) is 0 Å². The smallest absolute Gasteiger partial charge is 0.0125 e. The standard InChI is InChI=1S/C11H18P2/c1-7-5-10(13)8(6-9(7)12)11(2,3)4/h5-6H,12-13H2,1-4H3. The van der Waals surface area contributed by atoms with E-state index in [1.54, 1.807) is 0 Å². The summed E-state index contributed by atoms with van der Waals surface area (Å²) in [5.74, 6) is 0. The summed E-state index contributed by atoms with van der Waals surface area (Å²) in [7, 11) is 5.61. The summed E-state index contributed by atoms with van der Waals surface area (Å²) in [6, 6.07) is 4.50. The van der Waals surface area contributed by atoms with Crippen LogP contribution in [0.2, 0.25) is 0 Å². The molecule has 0 fully saturated rings. The van der Waals surface area contributed by atoms with Crippen molar-refractivity contribution >= 4 is 29.1 Å². The Morgan fingerprint density at radius 1 is 1.00 bits per heavy atom. The second-order valence-electron chi connectivity index (χ2n) is 4.55. The summed E-state index contributed by atoms with van der Waals surface area (Å²) >= 11 is 0. The third-order valence-corrected chi connectivity index (χ3v) is 3.35. The minimum absolute atomic E-state index is 0.232. The SMILES string of the molecule is Cc1cc(P)c(C(C)(C)C)cc1P. The molecule has 0 nitrogen and oxygen atoms in total. The molecule has 1 aromatic carbocycles. The van der Waals surface area contributed by atoms with Gasteiger partial charge in [0, 0.05) is 0 Å². The average Bonchev–Trinajstić information content (AvgIpc) is 1.94. The Morgan fingerprint density at radius 2 is 1.54 bits per heavy atom. The Morgan fingerprint density at radius 3 is 2.00 bits per heavy atom. The van der Waals surface area contributed by atoms with Crippen LogP contribution < -0.4 is 10.6 Å². The van der Waals surface area contributed by atoms with Gasteiger partial charge in [0.25, 0.3) is 0 Å². The zero-order valence-corrected chi connectivity index (χ0v) is 11.1. The summed E-state index contributed by atoms with van der Waals surface area (Å²) in [5.41, 5.74) is 2.98. The highest BCUT2D eigenvalue weighted by atomic mass is 31.0. The molecule has 0 aliphatic rings. The molecule has 2 atom stereocenters. The first-order valence-corrected chi connectivity index (χ1v) is 5.64. The van der Waals surface area contributed by atoms with Gasteiger partial charge in [-0.25, -0.2) is 0 Å². The van der Waals surface area contributed by atoms with Gasteiger partial charge in [0.05, 0.1) is 0 Å². The lowest BCUT2D eigenvalue weighted by Crippen LogP contribution is -2.22. The molecule has 0 N–H and O–H groups in total. The van der Waals surface area contributed by atoms with E-state index >= 15 is 0 Å². The van der Waals surface area contributed by atoms with Crippen molar-refractivity contribution in [2.45, 2.75) is 33.1 Å². The largest absolute Gasteiger partial charge is 0.105 e. The Bertz CT molecular complexity index is 322. The summed E-state index contributed by atoms with van der Waals surface area (Å²) in [6.07, 6.45) is 0. The Hall–Kier alpha value is 0.0800. The number of benzene rings is 1. The molecule has 0 saturated heterocycles. The van der Waals surface area contributed by atoms with Crippen LogP contribution in [0.1, 0.15) is 31.9 Å². The molecular weight excluding hydrogens is 194 g/mol.